The minimum Gasteiger partial charge on any atom is -0.376 e. The van der Waals surface area contributed by atoms with Crippen LogP contribution >= 0.6 is 0 Å². The third kappa shape index (κ3) is 2.14. The molecule has 4 bridgehead atoms. The van der Waals surface area contributed by atoms with E-state index in [0.717, 1.165) is 11.8 Å². The van der Waals surface area contributed by atoms with E-state index >= 15 is 0 Å². The Morgan fingerprint density at radius 1 is 1.23 bits per heavy atom. The number of nitrogens with one attached hydrogen (secondary N) is 1. The molecule has 0 aromatic carbocycles. The lowest BCUT2D eigenvalue weighted by Crippen LogP contribution is -2.63. The molecule has 118 valence electrons. The molecule has 0 unspecified atom stereocenters. The maximum absolute atomic E-state index is 12.3. The lowest BCUT2D eigenvalue weighted by molar-refractivity contribution is -0.186. The molecule has 1 amide bonds. The third-order valence-corrected chi connectivity index (χ3v) is 6.22. The van der Waals surface area contributed by atoms with Gasteiger partial charge in [0.2, 0.25) is 0 Å². The van der Waals surface area contributed by atoms with E-state index in [2.05, 4.69) is 15.3 Å². The first-order valence-electron chi connectivity index (χ1n) is 8.30. The molecule has 1 N–H and O–H groups in total. The minimum atomic E-state index is -0.175. The number of nitrogens with zero attached hydrogens (tertiary/aromatic N) is 2. The predicted molar refractivity (Wildman–Crippen MR) is 81.2 cm³/mol. The fourth-order valence-electron chi connectivity index (χ4n) is 5.40. The number of methoxy groups -OCH3 is 1. The number of amides is 1. The van der Waals surface area contributed by atoms with E-state index in [0.29, 0.717) is 24.1 Å². The van der Waals surface area contributed by atoms with Crippen molar-refractivity contribution >= 4 is 5.91 Å². The van der Waals surface area contributed by atoms with Gasteiger partial charge in [-0.3, -0.25) is 9.78 Å². The van der Waals surface area contributed by atoms with Gasteiger partial charge in [-0.25, -0.2) is 4.98 Å². The van der Waals surface area contributed by atoms with Crippen LogP contribution in [0.15, 0.2) is 18.6 Å². The summed E-state index contributed by atoms with van der Waals surface area (Å²) in [5, 5.41) is 3.05. The Morgan fingerprint density at radius 3 is 2.45 bits per heavy atom. The molecule has 0 aliphatic heterocycles. The second-order valence-electron chi connectivity index (χ2n) is 7.24. The molecule has 0 atom stereocenters. The summed E-state index contributed by atoms with van der Waals surface area (Å²) in [6.45, 7) is 0.591. The molecule has 22 heavy (non-hydrogen) atoms. The number of carbonyl (C=O) groups is 1. The van der Waals surface area contributed by atoms with Crippen molar-refractivity contribution in [3.63, 3.8) is 0 Å². The van der Waals surface area contributed by atoms with Crippen LogP contribution in [0.1, 0.15) is 42.6 Å². The van der Waals surface area contributed by atoms with Crippen LogP contribution in [-0.2, 0) is 4.74 Å². The van der Waals surface area contributed by atoms with Crippen molar-refractivity contribution < 1.29 is 9.53 Å². The highest BCUT2D eigenvalue weighted by Gasteiger charge is 2.57. The van der Waals surface area contributed by atoms with Crippen molar-refractivity contribution in [3.05, 3.63) is 24.3 Å². The summed E-state index contributed by atoms with van der Waals surface area (Å²) in [5.74, 6) is 2.81. The molecule has 0 radical (unpaired) electrons. The van der Waals surface area contributed by atoms with Crippen LogP contribution in [0.25, 0.3) is 0 Å². The van der Waals surface area contributed by atoms with Crippen LogP contribution in [0.5, 0.6) is 0 Å². The average Bonchev–Trinajstić information content (AvgIpc) is 2.55. The number of rotatable bonds is 4. The zero-order chi connectivity index (χ0) is 15.2. The molecule has 5 rings (SSSR count). The topological polar surface area (TPSA) is 64.1 Å². The number of hydrogen-bond donors (Lipinski definition) is 1. The Bertz CT molecular complexity index is 532. The van der Waals surface area contributed by atoms with Crippen molar-refractivity contribution in [2.45, 2.75) is 37.7 Å². The zero-order valence-corrected chi connectivity index (χ0v) is 13.0. The molecule has 4 aliphatic rings. The van der Waals surface area contributed by atoms with Crippen molar-refractivity contribution in [2.75, 3.05) is 13.7 Å². The summed E-state index contributed by atoms with van der Waals surface area (Å²) >= 11 is 0. The largest absolute Gasteiger partial charge is 0.376 e. The summed E-state index contributed by atoms with van der Waals surface area (Å²) < 4.78 is 6.05. The standard InChI is InChI=1S/C17H23N3O2/c1-22-17(10-20-16(21)15-9-18-2-3-19-15)13-5-11-4-12(7-13)8-14(17)6-11/h2-3,9,11-14H,4-8,10H2,1H3,(H,20,21). The van der Waals surface area contributed by atoms with Crippen molar-refractivity contribution in [1.29, 1.82) is 0 Å². The second-order valence-corrected chi connectivity index (χ2v) is 7.24. The van der Waals surface area contributed by atoms with Gasteiger partial charge in [0.05, 0.1) is 11.8 Å². The molecule has 1 aromatic heterocycles. The van der Waals surface area contributed by atoms with E-state index in [9.17, 15) is 4.79 Å². The van der Waals surface area contributed by atoms with Gasteiger partial charge in [0.1, 0.15) is 5.69 Å². The van der Waals surface area contributed by atoms with Crippen LogP contribution in [-0.4, -0.2) is 35.1 Å². The first kappa shape index (κ1) is 14.1. The molecule has 5 heteroatoms. The normalized spacial score (nSPS) is 39.0. The van der Waals surface area contributed by atoms with Gasteiger partial charge in [0.25, 0.3) is 5.91 Å². The highest BCUT2D eigenvalue weighted by molar-refractivity contribution is 5.91. The van der Waals surface area contributed by atoms with Crippen molar-refractivity contribution in [2.24, 2.45) is 23.7 Å². The lowest BCUT2D eigenvalue weighted by atomic mass is 9.49. The van der Waals surface area contributed by atoms with Crippen LogP contribution in [0.3, 0.4) is 0 Å². The van der Waals surface area contributed by atoms with E-state index in [-0.39, 0.29) is 11.5 Å². The van der Waals surface area contributed by atoms with Crippen LogP contribution in [0.2, 0.25) is 0 Å². The Kier molecular flexibility index (Phi) is 3.40. The van der Waals surface area contributed by atoms with Gasteiger partial charge in [0, 0.05) is 26.0 Å². The SMILES string of the molecule is COC1(CNC(=O)c2cnccn2)C2CC3CC(C2)CC1C3. The van der Waals surface area contributed by atoms with Gasteiger partial charge in [-0.1, -0.05) is 0 Å². The maximum Gasteiger partial charge on any atom is 0.271 e. The Balaban J connectivity index is 1.49. The van der Waals surface area contributed by atoms with Gasteiger partial charge in [0.15, 0.2) is 0 Å². The Hall–Kier alpha value is -1.49. The molecule has 4 saturated carbocycles. The summed E-state index contributed by atoms with van der Waals surface area (Å²) in [7, 11) is 1.82. The zero-order valence-electron chi connectivity index (χ0n) is 13.0. The molecule has 1 aromatic rings. The molecule has 0 spiro atoms. The smallest absolute Gasteiger partial charge is 0.271 e. The van der Waals surface area contributed by atoms with E-state index in [1.54, 1.807) is 12.4 Å². The molecule has 4 aliphatic carbocycles. The van der Waals surface area contributed by atoms with E-state index in [4.69, 9.17) is 4.74 Å². The molecular formula is C17H23N3O2. The molecule has 5 nitrogen and oxygen atoms in total. The predicted octanol–water partition coefficient (Wildman–Crippen LogP) is 2.05. The van der Waals surface area contributed by atoms with E-state index in [1.165, 1.54) is 38.3 Å². The highest BCUT2D eigenvalue weighted by Crippen LogP contribution is 2.59. The fourth-order valence-corrected chi connectivity index (χ4v) is 5.40. The minimum absolute atomic E-state index is 0.154. The lowest BCUT2D eigenvalue weighted by Gasteiger charge is -2.60. The van der Waals surface area contributed by atoms with E-state index in [1.807, 2.05) is 7.11 Å². The molecule has 4 fully saturated rings. The quantitative estimate of drug-likeness (QED) is 0.924. The van der Waals surface area contributed by atoms with Crippen LogP contribution in [0.4, 0.5) is 0 Å². The monoisotopic (exact) mass is 301 g/mol. The second kappa shape index (κ2) is 5.30. The Morgan fingerprint density at radius 2 is 1.91 bits per heavy atom. The van der Waals surface area contributed by atoms with Crippen LogP contribution < -0.4 is 5.32 Å². The maximum atomic E-state index is 12.3. The molecule has 0 saturated heterocycles. The van der Waals surface area contributed by atoms with Gasteiger partial charge in [-0.2, -0.15) is 0 Å². The van der Waals surface area contributed by atoms with Gasteiger partial charge in [-0.15, -0.1) is 0 Å². The summed E-state index contributed by atoms with van der Waals surface area (Å²) in [5.41, 5.74) is 0.197. The average molecular weight is 301 g/mol. The number of aromatic nitrogens is 2. The number of carbonyl (C=O) groups excluding carboxylic acids is 1. The number of ether oxygens (including phenoxy) is 1. The van der Waals surface area contributed by atoms with Gasteiger partial charge >= 0.3 is 0 Å². The molecule has 1 heterocycles. The third-order valence-electron chi connectivity index (χ3n) is 6.22. The van der Waals surface area contributed by atoms with E-state index < -0.39 is 0 Å². The summed E-state index contributed by atoms with van der Waals surface area (Å²) in [6.07, 6.45) is 11.1. The Labute approximate surface area is 130 Å². The molecular weight excluding hydrogens is 278 g/mol. The van der Waals surface area contributed by atoms with Gasteiger partial charge < -0.3 is 10.1 Å². The first-order valence-corrected chi connectivity index (χ1v) is 8.30. The number of hydrogen-bond acceptors (Lipinski definition) is 4. The fraction of sp³-hybridized carbons (Fsp3) is 0.706. The van der Waals surface area contributed by atoms with Crippen molar-refractivity contribution in [1.82, 2.24) is 15.3 Å². The summed E-state index contributed by atoms with van der Waals surface area (Å²) in [6, 6.07) is 0. The first-order chi connectivity index (χ1) is 10.7. The summed E-state index contributed by atoms with van der Waals surface area (Å²) in [4.78, 5) is 20.3. The van der Waals surface area contributed by atoms with Crippen molar-refractivity contribution in [3.8, 4) is 0 Å². The van der Waals surface area contributed by atoms with Crippen LogP contribution in [0, 0.1) is 23.7 Å². The van der Waals surface area contributed by atoms with Gasteiger partial charge in [-0.05, 0) is 55.8 Å². The highest BCUT2D eigenvalue weighted by atomic mass is 16.5.